The van der Waals surface area contributed by atoms with Crippen LogP contribution in [0.1, 0.15) is 24.8 Å². The lowest BCUT2D eigenvalue weighted by molar-refractivity contribution is -0.131. The Labute approximate surface area is 189 Å². The number of nitrogens with two attached hydrogens (primary N) is 2. The van der Waals surface area contributed by atoms with Crippen LogP contribution in [0.15, 0.2) is 48.7 Å². The molecule has 32 heavy (non-hydrogen) atoms. The second kappa shape index (κ2) is 10.4. The Balaban J connectivity index is 1.16. The first-order chi connectivity index (χ1) is 15.6. The minimum Gasteiger partial charge on any atom is -0.494 e. The van der Waals surface area contributed by atoms with Crippen molar-refractivity contribution < 1.29 is 9.53 Å². The van der Waals surface area contributed by atoms with Gasteiger partial charge in [-0.25, -0.2) is 0 Å². The maximum Gasteiger partial charge on any atom is 0.222 e. The zero-order valence-electron chi connectivity index (χ0n) is 18.6. The summed E-state index contributed by atoms with van der Waals surface area (Å²) in [6, 6.07) is 14.0. The van der Waals surface area contributed by atoms with Crippen molar-refractivity contribution in [1.29, 1.82) is 0 Å². The van der Waals surface area contributed by atoms with E-state index in [0.29, 0.717) is 19.6 Å². The predicted octanol–water partition coefficient (Wildman–Crippen LogP) is 3.15. The Morgan fingerprint density at radius 1 is 1.03 bits per heavy atom. The first-order valence-corrected chi connectivity index (χ1v) is 11.4. The van der Waals surface area contributed by atoms with Crippen LogP contribution in [0.2, 0.25) is 0 Å². The van der Waals surface area contributed by atoms with Gasteiger partial charge in [0, 0.05) is 61.1 Å². The minimum absolute atomic E-state index is 0.238. The zero-order chi connectivity index (χ0) is 22.3. The van der Waals surface area contributed by atoms with Crippen LogP contribution in [0.25, 0.3) is 10.9 Å². The molecule has 0 bridgehead atoms. The highest BCUT2D eigenvalue weighted by atomic mass is 16.5. The quantitative estimate of drug-likeness (QED) is 0.354. The second-order valence-corrected chi connectivity index (χ2v) is 8.32. The number of nitrogens with zero attached hydrogens (tertiary/aromatic N) is 2. The topological polar surface area (TPSA) is 101 Å². The zero-order valence-corrected chi connectivity index (χ0v) is 18.6. The number of nitrogen functional groups attached to an aromatic ring is 1. The molecule has 1 aliphatic rings. The monoisotopic (exact) mass is 435 g/mol. The third-order valence-electron chi connectivity index (χ3n) is 6.10. The second-order valence-electron chi connectivity index (χ2n) is 8.32. The minimum atomic E-state index is 0.238. The molecule has 1 aromatic heterocycles. The van der Waals surface area contributed by atoms with Crippen LogP contribution in [0.3, 0.4) is 0 Å². The number of unbranched alkanes of at least 4 members (excludes halogenated alkanes) is 1. The largest absolute Gasteiger partial charge is 0.494 e. The normalized spacial score (nSPS) is 14.2. The van der Waals surface area contributed by atoms with Gasteiger partial charge in [-0.2, -0.15) is 0 Å². The first-order valence-electron chi connectivity index (χ1n) is 11.4. The molecular weight excluding hydrogens is 402 g/mol. The van der Waals surface area contributed by atoms with Crippen molar-refractivity contribution in [3.05, 3.63) is 54.2 Å². The number of carbonyl (C=O) groups excluding carboxylic acids is 1. The summed E-state index contributed by atoms with van der Waals surface area (Å²) in [5, 5.41) is 1.17. The van der Waals surface area contributed by atoms with Crippen LogP contribution in [0.4, 0.5) is 11.4 Å². The van der Waals surface area contributed by atoms with Crippen molar-refractivity contribution in [3.8, 4) is 5.75 Å². The van der Waals surface area contributed by atoms with E-state index in [1.54, 1.807) is 0 Å². The Morgan fingerprint density at radius 2 is 1.81 bits per heavy atom. The molecule has 5 N–H and O–H groups in total. The standard InChI is InChI=1S/C25H33N5O2/c26-11-10-19-18-28-24-9-8-22(17-23(19)24)32-16-2-1-3-25(31)30-14-12-29(13-15-30)21-6-4-20(27)5-7-21/h4-9,17-18,28H,1-3,10-16,26-27H2. The first kappa shape index (κ1) is 22.0. The van der Waals surface area contributed by atoms with Gasteiger partial charge in [-0.05, 0) is 73.8 Å². The SMILES string of the molecule is NCCc1c[nH]c2ccc(OCCCCC(=O)N3CCN(c4ccc(N)cc4)CC3)cc12. The van der Waals surface area contributed by atoms with Crippen LogP contribution in [0, 0.1) is 0 Å². The molecule has 7 nitrogen and oxygen atoms in total. The van der Waals surface area contributed by atoms with Crippen molar-refractivity contribution in [3.63, 3.8) is 0 Å². The molecule has 0 unspecified atom stereocenters. The lowest BCUT2D eigenvalue weighted by Gasteiger charge is -2.36. The number of carbonyl (C=O) groups is 1. The molecule has 0 atom stereocenters. The third kappa shape index (κ3) is 5.34. The van der Waals surface area contributed by atoms with Gasteiger partial charge in [-0.1, -0.05) is 0 Å². The smallest absolute Gasteiger partial charge is 0.222 e. The average molecular weight is 436 g/mol. The highest BCUT2D eigenvalue weighted by Gasteiger charge is 2.20. The molecule has 1 fully saturated rings. The highest BCUT2D eigenvalue weighted by Crippen LogP contribution is 2.24. The van der Waals surface area contributed by atoms with E-state index in [9.17, 15) is 4.79 Å². The van der Waals surface area contributed by atoms with Crippen molar-refractivity contribution in [2.45, 2.75) is 25.7 Å². The third-order valence-corrected chi connectivity index (χ3v) is 6.10. The number of aromatic nitrogens is 1. The number of H-pyrrole nitrogens is 1. The molecule has 2 heterocycles. The number of benzene rings is 2. The highest BCUT2D eigenvalue weighted by molar-refractivity contribution is 5.84. The Morgan fingerprint density at radius 3 is 2.56 bits per heavy atom. The molecule has 1 amide bonds. The van der Waals surface area contributed by atoms with Crippen LogP contribution < -0.4 is 21.1 Å². The van der Waals surface area contributed by atoms with E-state index in [1.165, 1.54) is 10.9 Å². The molecule has 2 aromatic carbocycles. The van der Waals surface area contributed by atoms with E-state index in [-0.39, 0.29) is 5.91 Å². The number of ether oxygens (including phenoxy) is 1. The van der Waals surface area contributed by atoms with E-state index in [1.807, 2.05) is 47.5 Å². The summed E-state index contributed by atoms with van der Waals surface area (Å²) in [4.78, 5) is 20.1. The molecule has 170 valence electrons. The number of fused-ring (bicyclic) bond motifs is 1. The summed E-state index contributed by atoms with van der Waals surface area (Å²) in [5.41, 5.74) is 15.7. The Kier molecular flexibility index (Phi) is 7.17. The van der Waals surface area contributed by atoms with Crippen LogP contribution in [-0.4, -0.2) is 55.1 Å². The molecule has 1 saturated heterocycles. The van der Waals surface area contributed by atoms with Gasteiger partial charge in [0.05, 0.1) is 6.61 Å². The molecule has 0 radical (unpaired) electrons. The van der Waals surface area contributed by atoms with Crippen molar-refractivity contribution >= 4 is 28.2 Å². The summed E-state index contributed by atoms with van der Waals surface area (Å²) in [6.45, 7) is 4.48. The molecule has 3 aromatic rings. The van der Waals surface area contributed by atoms with Gasteiger partial charge in [0.15, 0.2) is 0 Å². The fraction of sp³-hybridized carbons (Fsp3) is 0.400. The number of aromatic amines is 1. The maximum atomic E-state index is 12.6. The van der Waals surface area contributed by atoms with Crippen LogP contribution in [0.5, 0.6) is 5.75 Å². The molecule has 7 heteroatoms. The van der Waals surface area contributed by atoms with E-state index in [0.717, 1.165) is 68.1 Å². The van der Waals surface area contributed by atoms with E-state index < -0.39 is 0 Å². The van der Waals surface area contributed by atoms with Gasteiger partial charge in [-0.15, -0.1) is 0 Å². The van der Waals surface area contributed by atoms with E-state index in [4.69, 9.17) is 16.2 Å². The molecule has 0 saturated carbocycles. The van der Waals surface area contributed by atoms with Gasteiger partial charge in [0.25, 0.3) is 0 Å². The average Bonchev–Trinajstić information content (AvgIpc) is 3.22. The van der Waals surface area contributed by atoms with Crippen molar-refractivity contribution in [2.75, 3.05) is 50.0 Å². The number of amides is 1. The van der Waals surface area contributed by atoms with Gasteiger partial charge < -0.3 is 31.0 Å². The summed E-state index contributed by atoms with van der Waals surface area (Å²) < 4.78 is 5.93. The van der Waals surface area contributed by atoms with Crippen molar-refractivity contribution in [2.24, 2.45) is 5.73 Å². The number of rotatable bonds is 9. The number of nitrogens with one attached hydrogen (secondary N) is 1. The van der Waals surface area contributed by atoms with Crippen LogP contribution >= 0.6 is 0 Å². The fourth-order valence-electron chi connectivity index (χ4n) is 4.24. The summed E-state index contributed by atoms with van der Waals surface area (Å²) >= 11 is 0. The van der Waals surface area contributed by atoms with Gasteiger partial charge in [0.1, 0.15) is 5.75 Å². The molecule has 0 aliphatic carbocycles. The van der Waals surface area contributed by atoms with Crippen molar-refractivity contribution in [1.82, 2.24) is 9.88 Å². The Bertz CT molecular complexity index is 1020. The summed E-state index contributed by atoms with van der Waals surface area (Å²) in [6.07, 6.45) is 5.13. The fourth-order valence-corrected chi connectivity index (χ4v) is 4.24. The van der Waals surface area contributed by atoms with Gasteiger partial charge in [0.2, 0.25) is 5.91 Å². The number of piperazine rings is 1. The lowest BCUT2D eigenvalue weighted by atomic mass is 10.1. The number of anilines is 2. The summed E-state index contributed by atoms with van der Waals surface area (Å²) in [7, 11) is 0. The van der Waals surface area contributed by atoms with E-state index in [2.05, 4.69) is 16.0 Å². The van der Waals surface area contributed by atoms with Crippen LogP contribution in [-0.2, 0) is 11.2 Å². The molecular formula is C25H33N5O2. The number of hydrogen-bond donors (Lipinski definition) is 3. The maximum absolute atomic E-state index is 12.6. The molecule has 0 spiro atoms. The van der Waals surface area contributed by atoms with Gasteiger partial charge >= 0.3 is 0 Å². The molecule has 4 rings (SSSR count). The predicted molar refractivity (Wildman–Crippen MR) is 130 cm³/mol. The lowest BCUT2D eigenvalue weighted by Crippen LogP contribution is -2.48. The molecule has 1 aliphatic heterocycles. The van der Waals surface area contributed by atoms with Gasteiger partial charge in [-0.3, -0.25) is 4.79 Å². The summed E-state index contributed by atoms with van der Waals surface area (Å²) in [5.74, 6) is 1.10. The van der Waals surface area contributed by atoms with E-state index >= 15 is 0 Å². The number of hydrogen-bond acceptors (Lipinski definition) is 5. The Hall–Kier alpha value is -3.19.